The predicted octanol–water partition coefficient (Wildman–Crippen LogP) is 3.07. The average Bonchev–Trinajstić information content (AvgIpc) is 2.45. The molecule has 0 unspecified atom stereocenters. The van der Waals surface area contributed by atoms with Gasteiger partial charge < -0.3 is 10.3 Å². The highest BCUT2D eigenvalue weighted by atomic mass is 32.2. The van der Waals surface area contributed by atoms with Gasteiger partial charge in [-0.25, -0.2) is 8.42 Å². The summed E-state index contributed by atoms with van der Waals surface area (Å²) in [5, 5.41) is 4.85. The van der Waals surface area contributed by atoms with Crippen molar-refractivity contribution >= 4 is 48.1 Å². The number of nitrogens with two attached hydrogens (primary N) is 1. The molecular formula is C16H10NO3S-. The monoisotopic (exact) mass is 296 g/mol. The first-order valence-corrected chi connectivity index (χ1v) is 7.79. The maximum atomic E-state index is 11.5. The van der Waals surface area contributed by atoms with E-state index in [9.17, 15) is 13.0 Å². The molecule has 104 valence electrons. The molecule has 4 rings (SSSR count). The van der Waals surface area contributed by atoms with E-state index in [4.69, 9.17) is 5.73 Å². The molecule has 0 heterocycles. The van der Waals surface area contributed by atoms with Crippen LogP contribution in [-0.4, -0.2) is 13.0 Å². The minimum atomic E-state index is -4.58. The second-order valence-corrected chi connectivity index (χ2v) is 6.45. The maximum absolute atomic E-state index is 11.5. The van der Waals surface area contributed by atoms with Crippen LogP contribution in [0.3, 0.4) is 0 Å². The van der Waals surface area contributed by atoms with Gasteiger partial charge in [-0.2, -0.15) is 0 Å². The molecule has 5 heteroatoms. The molecule has 21 heavy (non-hydrogen) atoms. The minimum Gasteiger partial charge on any atom is -0.744 e. The summed E-state index contributed by atoms with van der Waals surface area (Å²) < 4.78 is 34.6. The quantitative estimate of drug-likeness (QED) is 0.332. The van der Waals surface area contributed by atoms with E-state index in [1.165, 1.54) is 6.07 Å². The van der Waals surface area contributed by atoms with Crippen molar-refractivity contribution in [1.82, 2.24) is 0 Å². The Hall–Kier alpha value is -2.37. The Morgan fingerprint density at radius 1 is 0.857 bits per heavy atom. The van der Waals surface area contributed by atoms with Crippen molar-refractivity contribution in [3.8, 4) is 0 Å². The fourth-order valence-electron chi connectivity index (χ4n) is 3.03. The molecule has 0 bridgehead atoms. The zero-order chi connectivity index (χ0) is 14.8. The van der Waals surface area contributed by atoms with Crippen molar-refractivity contribution in [1.29, 1.82) is 0 Å². The number of benzene rings is 4. The SMILES string of the molecule is Nc1cc(S(=O)(=O)[O-])c2ccc3cccc4ccc1c2c43. The molecule has 0 fully saturated rings. The summed E-state index contributed by atoms with van der Waals surface area (Å²) in [6.07, 6.45) is 0. The lowest BCUT2D eigenvalue weighted by Gasteiger charge is -2.17. The van der Waals surface area contributed by atoms with E-state index in [0.29, 0.717) is 11.1 Å². The van der Waals surface area contributed by atoms with Gasteiger partial charge in [0.1, 0.15) is 10.1 Å². The number of nitrogen functional groups attached to an aromatic ring is 1. The number of anilines is 1. The van der Waals surface area contributed by atoms with Crippen LogP contribution in [0.4, 0.5) is 5.69 Å². The second-order valence-electron chi connectivity index (χ2n) is 5.10. The molecule has 4 nitrogen and oxygen atoms in total. The fraction of sp³-hybridized carbons (Fsp3) is 0. The molecule has 0 aliphatic heterocycles. The number of hydrogen-bond donors (Lipinski definition) is 1. The van der Waals surface area contributed by atoms with Gasteiger partial charge in [0, 0.05) is 21.8 Å². The number of hydrogen-bond acceptors (Lipinski definition) is 4. The van der Waals surface area contributed by atoms with Crippen LogP contribution in [0.25, 0.3) is 32.3 Å². The fourth-order valence-corrected chi connectivity index (χ4v) is 3.74. The Bertz CT molecular complexity index is 1100. The van der Waals surface area contributed by atoms with E-state index in [1.807, 2.05) is 36.4 Å². The topological polar surface area (TPSA) is 83.2 Å². The summed E-state index contributed by atoms with van der Waals surface area (Å²) in [4.78, 5) is -0.259. The summed E-state index contributed by atoms with van der Waals surface area (Å²) in [5.41, 5.74) is 6.26. The standard InChI is InChI=1S/C16H11NO3S/c17-13-8-14(21(18,19)20)12-7-5-10-3-1-2-9-4-6-11(13)16(12)15(9)10/h1-8H,17H2,(H,18,19,20)/p-1. The van der Waals surface area contributed by atoms with Crippen LogP contribution in [0.2, 0.25) is 0 Å². The Balaban J connectivity index is 2.42. The van der Waals surface area contributed by atoms with E-state index >= 15 is 0 Å². The van der Waals surface area contributed by atoms with Crippen LogP contribution in [0.15, 0.2) is 53.4 Å². The van der Waals surface area contributed by atoms with Gasteiger partial charge in [-0.3, -0.25) is 0 Å². The molecule has 0 atom stereocenters. The summed E-state index contributed by atoms with van der Waals surface area (Å²) >= 11 is 0. The lowest BCUT2D eigenvalue weighted by molar-refractivity contribution is 0.464. The Labute approximate surface area is 120 Å². The van der Waals surface area contributed by atoms with Crippen molar-refractivity contribution in [2.24, 2.45) is 0 Å². The van der Waals surface area contributed by atoms with Crippen molar-refractivity contribution in [3.05, 3.63) is 48.5 Å². The zero-order valence-electron chi connectivity index (χ0n) is 10.8. The van der Waals surface area contributed by atoms with Crippen LogP contribution in [-0.2, 0) is 10.1 Å². The molecule has 4 aromatic rings. The van der Waals surface area contributed by atoms with Crippen molar-refractivity contribution < 1.29 is 13.0 Å². The first kappa shape index (κ1) is 12.4. The second kappa shape index (κ2) is 3.84. The third-order valence-corrected chi connectivity index (χ3v) is 4.79. The van der Waals surface area contributed by atoms with Crippen molar-refractivity contribution in [2.75, 3.05) is 5.73 Å². The molecule has 0 saturated heterocycles. The van der Waals surface area contributed by atoms with Crippen molar-refractivity contribution in [2.45, 2.75) is 4.90 Å². The molecule has 0 aromatic heterocycles. The molecule has 0 amide bonds. The van der Waals surface area contributed by atoms with Gasteiger partial charge in [-0.1, -0.05) is 42.5 Å². The molecule has 2 N–H and O–H groups in total. The Kier molecular flexibility index (Phi) is 2.26. The molecule has 0 radical (unpaired) electrons. The summed E-state index contributed by atoms with van der Waals surface area (Å²) in [5.74, 6) is 0. The lowest BCUT2D eigenvalue weighted by Crippen LogP contribution is -2.02. The van der Waals surface area contributed by atoms with Gasteiger partial charge in [0.05, 0.1) is 4.90 Å². The van der Waals surface area contributed by atoms with Gasteiger partial charge in [0.2, 0.25) is 0 Å². The smallest absolute Gasteiger partial charge is 0.125 e. The first-order valence-electron chi connectivity index (χ1n) is 6.39. The van der Waals surface area contributed by atoms with Crippen LogP contribution in [0.1, 0.15) is 0 Å². The number of rotatable bonds is 1. The average molecular weight is 296 g/mol. The van der Waals surface area contributed by atoms with Crippen LogP contribution in [0, 0.1) is 0 Å². The van der Waals surface area contributed by atoms with E-state index in [0.717, 1.165) is 26.9 Å². The van der Waals surface area contributed by atoms with Crippen LogP contribution >= 0.6 is 0 Å². The van der Waals surface area contributed by atoms with Crippen LogP contribution in [0.5, 0.6) is 0 Å². The molecular weight excluding hydrogens is 286 g/mol. The maximum Gasteiger partial charge on any atom is 0.125 e. The zero-order valence-corrected chi connectivity index (χ0v) is 11.6. The normalized spacial score (nSPS) is 12.6. The van der Waals surface area contributed by atoms with Gasteiger partial charge in [-0.05, 0) is 22.2 Å². The highest BCUT2D eigenvalue weighted by molar-refractivity contribution is 7.86. The lowest BCUT2D eigenvalue weighted by atomic mass is 9.93. The van der Waals surface area contributed by atoms with E-state index in [2.05, 4.69) is 0 Å². The molecule has 0 saturated carbocycles. The van der Waals surface area contributed by atoms with E-state index in [1.54, 1.807) is 6.07 Å². The van der Waals surface area contributed by atoms with E-state index in [-0.39, 0.29) is 4.90 Å². The third kappa shape index (κ3) is 1.62. The molecule has 0 aliphatic carbocycles. The molecule has 0 spiro atoms. The van der Waals surface area contributed by atoms with E-state index < -0.39 is 10.1 Å². The van der Waals surface area contributed by atoms with Gasteiger partial charge in [0.15, 0.2) is 0 Å². The highest BCUT2D eigenvalue weighted by Gasteiger charge is 2.15. The first-order chi connectivity index (χ1) is 9.97. The minimum absolute atomic E-state index is 0.259. The largest absolute Gasteiger partial charge is 0.744 e. The third-order valence-electron chi connectivity index (χ3n) is 3.91. The van der Waals surface area contributed by atoms with Crippen LogP contribution < -0.4 is 5.73 Å². The van der Waals surface area contributed by atoms with Crippen molar-refractivity contribution in [3.63, 3.8) is 0 Å². The summed E-state index contributed by atoms with van der Waals surface area (Å²) in [6, 6.07) is 14.4. The highest BCUT2D eigenvalue weighted by Crippen LogP contribution is 2.39. The predicted molar refractivity (Wildman–Crippen MR) is 82.5 cm³/mol. The summed E-state index contributed by atoms with van der Waals surface area (Å²) in [7, 11) is -4.58. The molecule has 4 aromatic carbocycles. The molecule has 0 aliphatic rings. The Morgan fingerprint density at radius 3 is 2.10 bits per heavy atom. The van der Waals surface area contributed by atoms with Gasteiger partial charge in [-0.15, -0.1) is 0 Å². The van der Waals surface area contributed by atoms with Gasteiger partial charge >= 0.3 is 0 Å². The Morgan fingerprint density at radius 2 is 1.48 bits per heavy atom. The summed E-state index contributed by atoms with van der Waals surface area (Å²) in [6.45, 7) is 0. The van der Waals surface area contributed by atoms with Gasteiger partial charge in [0.25, 0.3) is 0 Å².